The molecule has 0 bridgehead atoms. The maximum absolute atomic E-state index is 12.2. The van der Waals surface area contributed by atoms with E-state index in [4.69, 9.17) is 0 Å². The summed E-state index contributed by atoms with van der Waals surface area (Å²) in [4.78, 5) is 0. The zero-order valence-corrected chi connectivity index (χ0v) is 35.0. The molecule has 0 spiro atoms. The van der Waals surface area contributed by atoms with Gasteiger partial charge in [0.25, 0.3) is 0 Å². The van der Waals surface area contributed by atoms with Crippen LogP contribution >= 0.6 is 15.9 Å². The molecule has 0 radical (unpaired) electrons. The summed E-state index contributed by atoms with van der Waals surface area (Å²) in [6.45, 7) is 0. The average molecular weight is 765 g/mol. The molecule has 0 amide bonds. The summed E-state index contributed by atoms with van der Waals surface area (Å²) in [6, 6.07) is 10.1. The van der Waals surface area contributed by atoms with Crippen LogP contribution in [0.5, 0.6) is 11.5 Å². The zero-order chi connectivity index (χ0) is 34.6. The van der Waals surface area contributed by atoms with Gasteiger partial charge in [-0.3, -0.25) is 0 Å². The van der Waals surface area contributed by atoms with E-state index >= 15 is 0 Å². The van der Waals surface area contributed by atoms with E-state index in [2.05, 4.69) is 24.3 Å². The van der Waals surface area contributed by atoms with Crippen molar-refractivity contribution < 1.29 is 25.7 Å². The van der Waals surface area contributed by atoms with E-state index in [1.54, 1.807) is 11.1 Å². The van der Waals surface area contributed by atoms with E-state index in [1.165, 1.54) is 189 Å². The molecule has 5 aliphatic carbocycles. The Morgan fingerprint density at radius 3 is 1.10 bits per heavy atom. The van der Waals surface area contributed by atoms with Crippen LogP contribution in [0.4, 0.5) is 0 Å². The number of phenolic OH excluding ortho intramolecular Hbond substituents is 2. The van der Waals surface area contributed by atoms with Gasteiger partial charge in [0, 0.05) is 0 Å². The number of aromatic hydroxyl groups is 2. The predicted molar refractivity (Wildman–Crippen MR) is 217 cm³/mol. The first-order valence-electron chi connectivity index (χ1n) is 22.0. The van der Waals surface area contributed by atoms with Crippen LogP contribution in [0.2, 0.25) is 0 Å². The molecule has 4 atom stereocenters. The molecule has 0 aromatic heterocycles. The van der Waals surface area contributed by atoms with Crippen LogP contribution in [0.15, 0.2) is 24.3 Å². The van der Waals surface area contributed by atoms with E-state index < -0.39 is 0 Å². The summed E-state index contributed by atoms with van der Waals surface area (Å²) < 4.78 is 0. The van der Waals surface area contributed by atoms with Gasteiger partial charge in [-0.2, -0.15) is 0 Å². The Labute approximate surface area is 321 Å². The molecule has 51 heavy (non-hydrogen) atoms. The van der Waals surface area contributed by atoms with Crippen molar-refractivity contribution in [1.29, 1.82) is 0 Å². The molecule has 1 aliphatic heterocycles. The second-order valence-corrected chi connectivity index (χ2v) is 29.3. The minimum absolute atomic E-state index is 0.195. The Hall–Kier alpha value is -0.546. The summed E-state index contributed by atoms with van der Waals surface area (Å²) >= 11 is -0.195. The molecule has 5 saturated carbocycles. The van der Waals surface area contributed by atoms with Crippen LogP contribution in [0.3, 0.4) is 0 Å². The number of hydrogen-bond donors (Lipinski definition) is 2. The van der Waals surface area contributed by atoms with E-state index in [1.807, 2.05) is 0 Å². The predicted octanol–water partition coefficient (Wildman–Crippen LogP) is 14.5. The van der Waals surface area contributed by atoms with E-state index in [0.29, 0.717) is 51.1 Å². The van der Waals surface area contributed by atoms with Crippen LogP contribution in [0.1, 0.15) is 224 Å². The van der Waals surface area contributed by atoms with Gasteiger partial charge in [-0.15, -0.1) is 0 Å². The van der Waals surface area contributed by atoms with Crippen LogP contribution in [0.25, 0.3) is 0 Å². The fourth-order valence-electron chi connectivity index (χ4n) is 11.4. The van der Waals surface area contributed by atoms with Gasteiger partial charge in [0.2, 0.25) is 0 Å². The number of phenols is 2. The molecule has 6 aliphatic rings. The van der Waals surface area contributed by atoms with Crippen LogP contribution < -0.4 is 0 Å². The molecule has 0 saturated heterocycles. The van der Waals surface area contributed by atoms with E-state index in [0.717, 1.165) is 22.0 Å². The van der Waals surface area contributed by atoms with Gasteiger partial charge >= 0.3 is 323 Å². The number of hydrogen-bond acceptors (Lipinski definition) is 2. The second kappa shape index (κ2) is 17.9. The Bertz CT molecular complexity index is 1450. The van der Waals surface area contributed by atoms with Crippen molar-refractivity contribution in [2.45, 2.75) is 213 Å². The van der Waals surface area contributed by atoms with Crippen LogP contribution in [-0.2, 0) is 27.0 Å². The number of rotatable bonds is 8. The normalized spacial score (nSPS) is 29.1. The standard InChI is InChI=1S/C46H68O2S2.Ti/c47-45-39(27-37(33-17-7-3-8-18-33)29-41(45)35-21-11-5-12-22-35)31-49-43-25-15-1-2-16-26-44(43)50-32-40-28-38(34-19-9-4-10-20-34)30-42(46(40)48)36-23-13-6-14-24-36;/h27-30,33-36,43-44,47-48H,1-26,31-32H2;/t43-,44?;/m0./s1. The topological polar surface area (TPSA) is 40.5 Å². The first-order valence-corrected chi connectivity index (χ1v) is 28.7. The molecule has 1 heterocycles. The summed E-state index contributed by atoms with van der Waals surface area (Å²) in [5.41, 5.74) is 8.53. The van der Waals surface area contributed by atoms with Gasteiger partial charge in [-0.25, -0.2) is 0 Å². The van der Waals surface area contributed by atoms with Gasteiger partial charge in [-0.05, 0) is 0 Å². The average Bonchev–Trinajstić information content (AvgIpc) is 3.47. The van der Waals surface area contributed by atoms with Gasteiger partial charge in [0.1, 0.15) is 0 Å². The van der Waals surface area contributed by atoms with Crippen molar-refractivity contribution in [3.8, 4) is 11.5 Å². The minimum atomic E-state index is -0.195. The monoisotopic (exact) mass is 764 g/mol. The van der Waals surface area contributed by atoms with E-state index in [9.17, 15) is 10.2 Å². The zero-order valence-electron chi connectivity index (χ0n) is 31.8. The quantitative estimate of drug-likeness (QED) is 0.263. The van der Waals surface area contributed by atoms with Gasteiger partial charge in [-0.1, -0.05) is 0 Å². The fraction of sp³-hybridized carbons (Fsp3) is 0.739. The first kappa shape index (κ1) is 37.4. The SMILES string of the molecule is Oc1c(C[S]2=[Ti]=[S](Cc3cc(C4CCCCC4)cc(C4CCCCC4)c3O)[C@H]3CCCCCCC32)cc(C2CCCCC2)cc1C1CCCCC1. The Balaban J connectivity index is 1.17. The second-order valence-electron chi connectivity index (χ2n) is 17.9. The van der Waals surface area contributed by atoms with Crippen LogP contribution in [0, 0.1) is 0 Å². The molecule has 3 unspecified atom stereocenters. The van der Waals surface area contributed by atoms with Crippen molar-refractivity contribution in [3.63, 3.8) is 0 Å². The van der Waals surface area contributed by atoms with Gasteiger partial charge < -0.3 is 0 Å². The molecule has 2 aromatic rings. The number of fused-ring (bicyclic) bond motifs is 1. The molecule has 2 aromatic carbocycles. The van der Waals surface area contributed by atoms with Crippen molar-refractivity contribution in [2.24, 2.45) is 0 Å². The third-order valence-electron chi connectivity index (χ3n) is 14.4. The fourth-order valence-corrected chi connectivity index (χ4v) is 32.3. The van der Waals surface area contributed by atoms with Crippen molar-refractivity contribution in [3.05, 3.63) is 57.6 Å². The molecular formula is C46H68O2S2Ti. The molecule has 2 N–H and O–H groups in total. The number of benzene rings is 2. The summed E-state index contributed by atoms with van der Waals surface area (Å²) in [6.07, 6.45) is 35.2. The first-order chi connectivity index (χ1) is 25.1. The van der Waals surface area contributed by atoms with Gasteiger partial charge in [0.15, 0.2) is 0 Å². The molecule has 280 valence electrons. The van der Waals surface area contributed by atoms with Crippen molar-refractivity contribution in [1.82, 2.24) is 0 Å². The molecule has 5 heteroatoms. The molecular weight excluding hydrogens is 697 g/mol. The van der Waals surface area contributed by atoms with Gasteiger partial charge in [0.05, 0.1) is 0 Å². The Kier molecular flexibility index (Phi) is 13.1. The maximum atomic E-state index is 12.2. The summed E-state index contributed by atoms with van der Waals surface area (Å²) in [7, 11) is 0.832. The van der Waals surface area contributed by atoms with Crippen LogP contribution in [-0.4, -0.2) is 20.7 Å². The van der Waals surface area contributed by atoms with E-state index in [-0.39, 0.29) is 15.5 Å². The Morgan fingerprint density at radius 1 is 0.412 bits per heavy atom. The third-order valence-corrected chi connectivity index (χ3v) is 30.4. The van der Waals surface area contributed by atoms with Crippen molar-refractivity contribution >= 4 is 15.9 Å². The molecule has 8 rings (SSSR count). The van der Waals surface area contributed by atoms with Crippen molar-refractivity contribution in [2.75, 3.05) is 0 Å². The molecule has 5 fully saturated rings. The molecule has 2 nitrogen and oxygen atoms in total. The third kappa shape index (κ3) is 8.81. The summed E-state index contributed by atoms with van der Waals surface area (Å²) in [5, 5.41) is 26.0. The Morgan fingerprint density at radius 2 is 0.725 bits per heavy atom. The summed E-state index contributed by atoms with van der Waals surface area (Å²) in [5.74, 6) is 6.25.